The third-order valence-corrected chi connectivity index (χ3v) is 4.83. The number of carboxylic acid groups (broad SMARTS) is 1. The van der Waals surface area contributed by atoms with Crippen molar-refractivity contribution >= 4 is 5.97 Å². The van der Waals surface area contributed by atoms with Crippen molar-refractivity contribution in [2.45, 2.75) is 59.8 Å². The summed E-state index contributed by atoms with van der Waals surface area (Å²) < 4.78 is 0. The monoisotopic (exact) mass is 262 g/mol. The van der Waals surface area contributed by atoms with Gasteiger partial charge in [-0.3, -0.25) is 0 Å². The molecule has 0 heterocycles. The first kappa shape index (κ1) is 14.4. The van der Waals surface area contributed by atoms with Crippen molar-refractivity contribution in [3.63, 3.8) is 0 Å². The van der Waals surface area contributed by atoms with Crippen LogP contribution in [0.2, 0.25) is 0 Å². The summed E-state index contributed by atoms with van der Waals surface area (Å²) in [5.41, 5.74) is 3.93. The Hall–Kier alpha value is -1.05. The van der Waals surface area contributed by atoms with Crippen molar-refractivity contribution in [3.8, 4) is 0 Å². The molecule has 0 saturated carbocycles. The van der Waals surface area contributed by atoms with Gasteiger partial charge in [0.25, 0.3) is 0 Å². The number of aliphatic carboxylic acids is 1. The predicted octanol–water partition coefficient (Wildman–Crippen LogP) is 4.57. The van der Waals surface area contributed by atoms with Gasteiger partial charge in [0.2, 0.25) is 0 Å². The van der Waals surface area contributed by atoms with E-state index in [9.17, 15) is 9.90 Å². The van der Waals surface area contributed by atoms with Crippen molar-refractivity contribution in [1.82, 2.24) is 0 Å². The highest BCUT2D eigenvalue weighted by Crippen LogP contribution is 2.48. The third-order valence-electron chi connectivity index (χ3n) is 4.83. The number of carbonyl (C=O) groups is 1. The Morgan fingerprint density at radius 1 is 1.42 bits per heavy atom. The van der Waals surface area contributed by atoms with E-state index in [1.54, 1.807) is 5.57 Å². The maximum atomic E-state index is 11.3. The molecular weight excluding hydrogens is 236 g/mol. The average molecular weight is 262 g/mol. The molecule has 0 fully saturated rings. The zero-order valence-corrected chi connectivity index (χ0v) is 12.6. The summed E-state index contributed by atoms with van der Waals surface area (Å²) in [5.74, 6) is 0.0766. The fraction of sp³-hybridized carbons (Fsp3) is 0.706. The highest BCUT2D eigenvalue weighted by molar-refractivity contribution is 5.86. The molecule has 0 aromatic rings. The van der Waals surface area contributed by atoms with Gasteiger partial charge in [-0.25, -0.2) is 4.79 Å². The van der Waals surface area contributed by atoms with Crippen LogP contribution in [0.15, 0.2) is 22.8 Å². The molecule has 2 nitrogen and oxygen atoms in total. The molecule has 0 bridgehead atoms. The summed E-state index contributed by atoms with van der Waals surface area (Å²) in [6.07, 6.45) is 7.46. The first-order valence-electron chi connectivity index (χ1n) is 7.45. The second-order valence-electron chi connectivity index (χ2n) is 7.04. The fourth-order valence-electron chi connectivity index (χ4n) is 4.20. The van der Waals surface area contributed by atoms with Gasteiger partial charge < -0.3 is 5.11 Å². The minimum absolute atomic E-state index is 0.244. The minimum Gasteiger partial charge on any atom is -0.478 e. The first-order chi connectivity index (χ1) is 8.81. The molecule has 0 aromatic heterocycles. The summed E-state index contributed by atoms with van der Waals surface area (Å²) in [6, 6.07) is 0. The van der Waals surface area contributed by atoms with Gasteiger partial charge in [0, 0.05) is 5.57 Å². The molecule has 19 heavy (non-hydrogen) atoms. The molecule has 0 aliphatic heterocycles. The molecule has 2 atom stereocenters. The number of carboxylic acids is 1. The van der Waals surface area contributed by atoms with Gasteiger partial charge in [-0.1, -0.05) is 38.0 Å². The molecule has 2 unspecified atom stereocenters. The molecular formula is C17H26O2. The highest BCUT2D eigenvalue weighted by Gasteiger charge is 2.36. The molecule has 2 heteroatoms. The van der Waals surface area contributed by atoms with E-state index in [-0.39, 0.29) is 5.41 Å². The molecule has 0 spiro atoms. The van der Waals surface area contributed by atoms with Gasteiger partial charge >= 0.3 is 5.97 Å². The first-order valence-corrected chi connectivity index (χ1v) is 7.45. The molecule has 106 valence electrons. The Balaban J connectivity index is 2.32. The van der Waals surface area contributed by atoms with Crippen molar-refractivity contribution in [3.05, 3.63) is 22.8 Å². The largest absolute Gasteiger partial charge is 0.478 e. The van der Waals surface area contributed by atoms with E-state index in [0.29, 0.717) is 17.4 Å². The van der Waals surface area contributed by atoms with Crippen LogP contribution in [0, 0.1) is 17.3 Å². The van der Waals surface area contributed by atoms with E-state index < -0.39 is 5.97 Å². The van der Waals surface area contributed by atoms with Gasteiger partial charge in [-0.2, -0.15) is 0 Å². The van der Waals surface area contributed by atoms with Crippen molar-refractivity contribution in [2.24, 2.45) is 17.3 Å². The van der Waals surface area contributed by atoms with Crippen molar-refractivity contribution in [1.29, 1.82) is 0 Å². The average Bonchev–Trinajstić information content (AvgIpc) is 2.26. The molecule has 2 aliphatic carbocycles. The smallest absolute Gasteiger partial charge is 0.331 e. The second-order valence-corrected chi connectivity index (χ2v) is 7.04. The summed E-state index contributed by atoms with van der Waals surface area (Å²) >= 11 is 0. The van der Waals surface area contributed by atoms with Crippen molar-refractivity contribution in [2.75, 3.05) is 0 Å². The zero-order chi connectivity index (χ0) is 14.2. The Morgan fingerprint density at radius 3 is 2.68 bits per heavy atom. The molecule has 0 amide bonds. The minimum atomic E-state index is -0.733. The van der Waals surface area contributed by atoms with Crippen molar-refractivity contribution < 1.29 is 9.90 Å². The van der Waals surface area contributed by atoms with Crippen LogP contribution in [0.4, 0.5) is 0 Å². The van der Waals surface area contributed by atoms with Gasteiger partial charge in [-0.15, -0.1) is 0 Å². The predicted molar refractivity (Wildman–Crippen MR) is 77.9 cm³/mol. The maximum absolute atomic E-state index is 11.3. The molecule has 2 aliphatic rings. The Bertz CT molecular complexity index is 440. The molecule has 1 N–H and O–H groups in total. The lowest BCUT2D eigenvalue weighted by molar-refractivity contribution is -0.133. The third kappa shape index (κ3) is 2.93. The van der Waals surface area contributed by atoms with Gasteiger partial charge in [0.15, 0.2) is 0 Å². The molecule has 2 rings (SSSR count). The van der Waals surface area contributed by atoms with Gasteiger partial charge in [0.05, 0.1) is 0 Å². The zero-order valence-electron chi connectivity index (χ0n) is 12.6. The van der Waals surface area contributed by atoms with E-state index in [2.05, 4.69) is 27.7 Å². The number of rotatable bonds is 2. The Labute approximate surface area is 116 Å². The van der Waals surface area contributed by atoms with E-state index in [1.165, 1.54) is 24.8 Å². The van der Waals surface area contributed by atoms with Crippen LogP contribution in [0.1, 0.15) is 59.8 Å². The van der Waals surface area contributed by atoms with E-state index in [1.807, 2.05) is 6.08 Å². The van der Waals surface area contributed by atoms with E-state index >= 15 is 0 Å². The van der Waals surface area contributed by atoms with Crippen LogP contribution in [0.25, 0.3) is 0 Å². The topological polar surface area (TPSA) is 37.3 Å². The molecule has 0 saturated heterocycles. The normalized spacial score (nSPS) is 31.1. The van der Waals surface area contributed by atoms with Gasteiger partial charge in [0.1, 0.15) is 0 Å². The lowest BCUT2D eigenvalue weighted by Gasteiger charge is -2.41. The fourth-order valence-corrected chi connectivity index (χ4v) is 4.20. The lowest BCUT2D eigenvalue weighted by atomic mass is 9.64. The summed E-state index contributed by atoms with van der Waals surface area (Å²) in [6.45, 7) is 9.04. The quantitative estimate of drug-likeness (QED) is 0.740. The molecule has 0 radical (unpaired) electrons. The molecule has 0 aromatic carbocycles. The number of hydrogen-bond donors (Lipinski definition) is 1. The number of hydrogen-bond acceptors (Lipinski definition) is 1. The summed E-state index contributed by atoms with van der Waals surface area (Å²) in [5, 5.41) is 9.28. The summed E-state index contributed by atoms with van der Waals surface area (Å²) in [7, 11) is 0. The second kappa shape index (κ2) is 5.15. The van der Waals surface area contributed by atoms with Crippen LogP contribution in [0.5, 0.6) is 0 Å². The van der Waals surface area contributed by atoms with Gasteiger partial charge in [-0.05, 0) is 56.3 Å². The Morgan fingerprint density at radius 2 is 2.11 bits per heavy atom. The SMILES string of the molecule is CC1=C(C2CC(C(=O)O)=CC(C)C2)C(C)(C)CCC1. The van der Waals surface area contributed by atoms with Crippen LogP contribution >= 0.6 is 0 Å². The summed E-state index contributed by atoms with van der Waals surface area (Å²) in [4.78, 5) is 11.3. The van der Waals surface area contributed by atoms with Crippen LogP contribution in [-0.2, 0) is 4.79 Å². The lowest BCUT2D eigenvalue weighted by Crippen LogP contribution is -2.29. The standard InChI is InChI=1S/C17H26O2/c1-11-8-13(10-14(9-11)16(18)19)15-12(2)6-5-7-17(15,3)4/h9,11,13H,5-8,10H2,1-4H3,(H,18,19). The Kier molecular flexibility index (Phi) is 3.89. The van der Waals surface area contributed by atoms with Crippen LogP contribution in [0.3, 0.4) is 0 Å². The van der Waals surface area contributed by atoms with Crippen LogP contribution in [-0.4, -0.2) is 11.1 Å². The van der Waals surface area contributed by atoms with Crippen LogP contribution < -0.4 is 0 Å². The maximum Gasteiger partial charge on any atom is 0.331 e. The van der Waals surface area contributed by atoms with E-state index in [4.69, 9.17) is 0 Å². The van der Waals surface area contributed by atoms with E-state index in [0.717, 1.165) is 12.8 Å². The highest BCUT2D eigenvalue weighted by atomic mass is 16.4. The number of allylic oxidation sites excluding steroid dienone is 3.